The summed E-state index contributed by atoms with van der Waals surface area (Å²) < 4.78 is 1.91. The van der Waals surface area contributed by atoms with Gasteiger partial charge in [0.05, 0.1) is 17.4 Å². The van der Waals surface area contributed by atoms with Crippen molar-refractivity contribution in [3.8, 4) is 0 Å². The first kappa shape index (κ1) is 9.33. The number of nitrogens with zero attached hydrogens (tertiary/aromatic N) is 2. The molecule has 1 heterocycles. The lowest BCUT2D eigenvalue weighted by Crippen LogP contribution is -1.91. The summed E-state index contributed by atoms with van der Waals surface area (Å²) in [6.07, 6.45) is 5.73. The molecule has 1 unspecified atom stereocenters. The summed E-state index contributed by atoms with van der Waals surface area (Å²) in [6, 6.07) is 0. The Kier molecular flexibility index (Phi) is 2.93. The minimum atomic E-state index is 0.0759. The van der Waals surface area contributed by atoms with Crippen molar-refractivity contribution in [2.24, 2.45) is 7.05 Å². The van der Waals surface area contributed by atoms with Gasteiger partial charge in [-0.2, -0.15) is 0 Å². The number of allylic oxidation sites excluding steroid dienone is 1. The van der Waals surface area contributed by atoms with Crippen LogP contribution in [0.15, 0.2) is 18.1 Å². The Morgan fingerprint density at radius 3 is 2.83 bits per heavy atom. The summed E-state index contributed by atoms with van der Waals surface area (Å²) in [6.45, 7) is 3.96. The highest BCUT2D eigenvalue weighted by Gasteiger charge is 1.99. The van der Waals surface area contributed by atoms with Gasteiger partial charge in [-0.1, -0.05) is 5.57 Å². The van der Waals surface area contributed by atoms with Gasteiger partial charge in [0, 0.05) is 13.2 Å². The number of alkyl halides is 1. The van der Waals surface area contributed by atoms with Crippen LogP contribution >= 0.6 is 11.6 Å². The fourth-order valence-electron chi connectivity index (χ4n) is 0.856. The van der Waals surface area contributed by atoms with Crippen LogP contribution in [-0.4, -0.2) is 14.9 Å². The second-order valence-electron chi connectivity index (χ2n) is 2.97. The molecule has 0 saturated carbocycles. The molecule has 0 amide bonds. The molecule has 0 bridgehead atoms. The molecular weight excluding hydrogens is 172 g/mol. The van der Waals surface area contributed by atoms with Crippen molar-refractivity contribution in [1.82, 2.24) is 9.55 Å². The van der Waals surface area contributed by atoms with Crippen molar-refractivity contribution in [2.75, 3.05) is 0 Å². The second-order valence-corrected chi connectivity index (χ2v) is 3.62. The maximum absolute atomic E-state index is 5.88. The van der Waals surface area contributed by atoms with E-state index in [0.717, 1.165) is 11.3 Å². The lowest BCUT2D eigenvalue weighted by Gasteiger charge is -2.00. The highest BCUT2D eigenvalue weighted by atomic mass is 35.5. The Morgan fingerprint density at radius 2 is 2.42 bits per heavy atom. The van der Waals surface area contributed by atoms with Gasteiger partial charge in [-0.3, -0.25) is 0 Å². The predicted molar refractivity (Wildman–Crippen MR) is 52.2 cm³/mol. The van der Waals surface area contributed by atoms with Gasteiger partial charge >= 0.3 is 0 Å². The molecule has 2 nitrogen and oxygen atoms in total. The Bertz CT molecular complexity index is 286. The first-order valence-electron chi connectivity index (χ1n) is 3.90. The first-order chi connectivity index (χ1) is 5.59. The molecule has 0 saturated heterocycles. The summed E-state index contributed by atoms with van der Waals surface area (Å²) in [5.41, 5.74) is 2.10. The molecule has 0 aromatic carbocycles. The van der Waals surface area contributed by atoms with E-state index in [2.05, 4.69) is 4.98 Å². The minimum Gasteiger partial charge on any atom is -0.340 e. The van der Waals surface area contributed by atoms with Gasteiger partial charge in [0.2, 0.25) is 0 Å². The van der Waals surface area contributed by atoms with Crippen molar-refractivity contribution >= 4 is 17.7 Å². The van der Waals surface area contributed by atoms with Crippen LogP contribution in [-0.2, 0) is 7.05 Å². The van der Waals surface area contributed by atoms with Gasteiger partial charge in [0.25, 0.3) is 0 Å². The van der Waals surface area contributed by atoms with Gasteiger partial charge in [-0.25, -0.2) is 4.98 Å². The van der Waals surface area contributed by atoms with Gasteiger partial charge in [-0.05, 0) is 19.9 Å². The first-order valence-corrected chi connectivity index (χ1v) is 4.33. The quantitative estimate of drug-likeness (QED) is 0.646. The van der Waals surface area contributed by atoms with E-state index in [1.54, 1.807) is 6.33 Å². The van der Waals surface area contributed by atoms with Gasteiger partial charge in [-0.15, -0.1) is 11.6 Å². The maximum Gasteiger partial charge on any atom is 0.0950 e. The van der Waals surface area contributed by atoms with Crippen LogP contribution in [0.25, 0.3) is 6.08 Å². The zero-order chi connectivity index (χ0) is 9.14. The number of imidazole rings is 1. The summed E-state index contributed by atoms with van der Waals surface area (Å²) in [7, 11) is 1.95. The highest BCUT2D eigenvalue weighted by Crippen LogP contribution is 2.11. The van der Waals surface area contributed by atoms with Crippen LogP contribution in [0.3, 0.4) is 0 Å². The molecule has 1 rings (SSSR count). The Morgan fingerprint density at radius 1 is 1.75 bits per heavy atom. The van der Waals surface area contributed by atoms with E-state index in [-0.39, 0.29) is 5.38 Å². The lowest BCUT2D eigenvalue weighted by atomic mass is 10.2. The summed E-state index contributed by atoms with van der Waals surface area (Å²) >= 11 is 5.88. The van der Waals surface area contributed by atoms with E-state index in [9.17, 15) is 0 Å². The molecule has 0 N–H and O–H groups in total. The van der Waals surface area contributed by atoms with Crippen molar-refractivity contribution in [1.29, 1.82) is 0 Å². The van der Waals surface area contributed by atoms with E-state index in [1.807, 2.05) is 37.7 Å². The van der Waals surface area contributed by atoms with E-state index in [1.165, 1.54) is 0 Å². The van der Waals surface area contributed by atoms with Crippen molar-refractivity contribution in [3.63, 3.8) is 0 Å². The smallest absolute Gasteiger partial charge is 0.0950 e. The van der Waals surface area contributed by atoms with Crippen LogP contribution < -0.4 is 0 Å². The maximum atomic E-state index is 5.88. The molecular formula is C9H13ClN2. The zero-order valence-electron chi connectivity index (χ0n) is 7.58. The van der Waals surface area contributed by atoms with Crippen molar-refractivity contribution in [2.45, 2.75) is 19.2 Å². The lowest BCUT2D eigenvalue weighted by molar-refractivity contribution is 0.913. The largest absolute Gasteiger partial charge is 0.340 e. The number of aromatic nitrogens is 2. The molecule has 0 radical (unpaired) electrons. The van der Waals surface area contributed by atoms with E-state index in [0.29, 0.717) is 0 Å². The van der Waals surface area contributed by atoms with Crippen LogP contribution in [0.2, 0.25) is 0 Å². The predicted octanol–water partition coefficient (Wildman–Crippen LogP) is 2.45. The average Bonchev–Trinajstić information content (AvgIpc) is 2.35. The van der Waals surface area contributed by atoms with Crippen LogP contribution in [0.1, 0.15) is 19.5 Å². The zero-order valence-corrected chi connectivity index (χ0v) is 8.34. The SMILES string of the molecule is C/C(=C\c1cn(C)cn1)C(C)Cl. The fourth-order valence-corrected chi connectivity index (χ4v) is 0.919. The molecule has 0 aliphatic heterocycles. The van der Waals surface area contributed by atoms with Crippen LogP contribution in [0.5, 0.6) is 0 Å². The molecule has 12 heavy (non-hydrogen) atoms. The van der Waals surface area contributed by atoms with E-state index in [4.69, 9.17) is 11.6 Å². The summed E-state index contributed by atoms with van der Waals surface area (Å²) in [5, 5.41) is 0.0759. The van der Waals surface area contributed by atoms with Crippen LogP contribution in [0.4, 0.5) is 0 Å². The molecule has 1 aromatic heterocycles. The summed E-state index contributed by atoms with van der Waals surface area (Å²) in [5.74, 6) is 0. The standard InChI is InChI=1S/C9H13ClN2/c1-7(8(2)10)4-9-5-12(3)6-11-9/h4-6,8H,1-3H3/b7-4+. The number of aryl methyl sites for hydroxylation is 1. The summed E-state index contributed by atoms with van der Waals surface area (Å²) in [4.78, 5) is 4.17. The normalized spacial score (nSPS) is 14.8. The number of hydrogen-bond acceptors (Lipinski definition) is 1. The third kappa shape index (κ3) is 2.38. The third-order valence-electron chi connectivity index (χ3n) is 1.73. The molecule has 3 heteroatoms. The van der Waals surface area contributed by atoms with E-state index >= 15 is 0 Å². The van der Waals surface area contributed by atoms with Crippen LogP contribution in [0, 0.1) is 0 Å². The monoisotopic (exact) mass is 184 g/mol. The van der Waals surface area contributed by atoms with Gasteiger partial charge in [0.15, 0.2) is 0 Å². The van der Waals surface area contributed by atoms with Crippen molar-refractivity contribution in [3.05, 3.63) is 23.8 Å². The van der Waals surface area contributed by atoms with Gasteiger partial charge in [0.1, 0.15) is 0 Å². The molecule has 0 aliphatic carbocycles. The number of halogens is 1. The molecule has 1 atom stereocenters. The Hall–Kier alpha value is -0.760. The fraction of sp³-hybridized carbons (Fsp3) is 0.444. The third-order valence-corrected chi connectivity index (χ3v) is 2.07. The minimum absolute atomic E-state index is 0.0759. The van der Waals surface area contributed by atoms with E-state index < -0.39 is 0 Å². The molecule has 66 valence electrons. The van der Waals surface area contributed by atoms with Crippen molar-refractivity contribution < 1.29 is 0 Å². The average molecular weight is 185 g/mol. The molecule has 0 fully saturated rings. The molecule has 1 aromatic rings. The molecule has 0 aliphatic rings. The topological polar surface area (TPSA) is 17.8 Å². The number of hydrogen-bond donors (Lipinski definition) is 0. The van der Waals surface area contributed by atoms with Gasteiger partial charge < -0.3 is 4.57 Å². The molecule has 0 spiro atoms. The Labute approximate surface area is 77.9 Å². The Balaban J connectivity index is 2.80. The highest BCUT2D eigenvalue weighted by molar-refractivity contribution is 6.22. The second kappa shape index (κ2) is 3.76. The number of rotatable bonds is 2.